The second kappa shape index (κ2) is 7.94. The summed E-state index contributed by atoms with van der Waals surface area (Å²) in [5.41, 5.74) is 1.18. The van der Waals surface area contributed by atoms with E-state index in [-0.39, 0.29) is 18.0 Å². The van der Waals surface area contributed by atoms with Gasteiger partial charge in [0.1, 0.15) is 17.4 Å². The molecular formula is C16H22N2O5. The molecule has 0 spiro atoms. The van der Waals surface area contributed by atoms with E-state index < -0.39 is 5.97 Å². The van der Waals surface area contributed by atoms with Crippen LogP contribution in [-0.4, -0.2) is 51.9 Å². The largest absolute Gasteiger partial charge is 0.496 e. The fourth-order valence-electron chi connectivity index (χ4n) is 2.39. The molecule has 1 aromatic rings. The number of rotatable bonds is 5. The van der Waals surface area contributed by atoms with Crippen molar-refractivity contribution in [2.45, 2.75) is 19.0 Å². The first kappa shape index (κ1) is 17.2. The van der Waals surface area contributed by atoms with Crippen LogP contribution in [-0.2, 0) is 14.3 Å². The number of ether oxygens (including phenoxy) is 3. The topological polar surface area (TPSA) is 85.9 Å². The van der Waals surface area contributed by atoms with Crippen LogP contribution in [0.3, 0.4) is 0 Å². The Morgan fingerprint density at radius 3 is 2.78 bits per heavy atom. The fourth-order valence-corrected chi connectivity index (χ4v) is 2.39. The summed E-state index contributed by atoms with van der Waals surface area (Å²) >= 11 is 0. The standard InChI is InChI=1S/C16H22N2O5/c1-10(18-15(19)13-9-23-7-6-17-13)11-4-5-12(16(20)22-3)14(8-11)21-2/h4-5,8,10,13,17H,6-7,9H2,1-3H3,(H,18,19)/t10-,13+/m0/s1. The van der Waals surface area contributed by atoms with Crippen molar-refractivity contribution in [1.29, 1.82) is 0 Å². The molecule has 126 valence electrons. The van der Waals surface area contributed by atoms with Crippen LogP contribution in [0.4, 0.5) is 0 Å². The monoisotopic (exact) mass is 322 g/mol. The lowest BCUT2D eigenvalue weighted by atomic mass is 10.0. The lowest BCUT2D eigenvalue weighted by molar-refractivity contribution is -0.126. The van der Waals surface area contributed by atoms with Gasteiger partial charge in [-0.05, 0) is 24.6 Å². The number of morpholine rings is 1. The molecule has 1 aliphatic rings. The van der Waals surface area contributed by atoms with E-state index in [1.807, 2.05) is 6.92 Å². The Balaban J connectivity index is 2.08. The molecule has 23 heavy (non-hydrogen) atoms. The van der Waals surface area contributed by atoms with Gasteiger partial charge in [-0.1, -0.05) is 6.07 Å². The minimum absolute atomic E-state index is 0.117. The molecule has 1 aromatic carbocycles. The summed E-state index contributed by atoms with van der Waals surface area (Å²) in [6.07, 6.45) is 0. The van der Waals surface area contributed by atoms with Crippen molar-refractivity contribution in [2.24, 2.45) is 0 Å². The molecule has 1 amide bonds. The second-order valence-corrected chi connectivity index (χ2v) is 5.26. The van der Waals surface area contributed by atoms with Gasteiger partial charge >= 0.3 is 5.97 Å². The summed E-state index contributed by atoms with van der Waals surface area (Å²) in [7, 11) is 2.80. The second-order valence-electron chi connectivity index (χ2n) is 5.26. The number of carbonyl (C=O) groups is 2. The SMILES string of the molecule is COC(=O)c1ccc([C@H](C)NC(=O)[C@H]2COCCN2)cc1OC. The number of carbonyl (C=O) groups excluding carboxylic acids is 2. The van der Waals surface area contributed by atoms with Crippen LogP contribution in [0.15, 0.2) is 18.2 Å². The summed E-state index contributed by atoms with van der Waals surface area (Å²) in [4.78, 5) is 23.9. The van der Waals surface area contributed by atoms with Gasteiger partial charge in [0, 0.05) is 6.54 Å². The van der Waals surface area contributed by atoms with Gasteiger partial charge in [0.05, 0.1) is 33.5 Å². The molecule has 1 saturated heterocycles. The smallest absolute Gasteiger partial charge is 0.341 e. The van der Waals surface area contributed by atoms with Crippen LogP contribution < -0.4 is 15.4 Å². The molecule has 0 aromatic heterocycles. The average Bonchev–Trinajstić information content (AvgIpc) is 2.61. The van der Waals surface area contributed by atoms with Gasteiger partial charge < -0.3 is 24.8 Å². The fraction of sp³-hybridized carbons (Fsp3) is 0.500. The zero-order valence-corrected chi connectivity index (χ0v) is 13.5. The minimum atomic E-state index is -0.464. The maximum Gasteiger partial charge on any atom is 0.341 e. The maximum atomic E-state index is 12.2. The van der Waals surface area contributed by atoms with Crippen molar-refractivity contribution < 1.29 is 23.8 Å². The average molecular weight is 322 g/mol. The zero-order valence-electron chi connectivity index (χ0n) is 13.5. The van der Waals surface area contributed by atoms with Crippen LogP contribution in [0, 0.1) is 0 Å². The molecule has 1 fully saturated rings. The lowest BCUT2D eigenvalue weighted by Gasteiger charge is -2.25. The maximum absolute atomic E-state index is 12.2. The Morgan fingerprint density at radius 1 is 1.39 bits per heavy atom. The number of hydrogen-bond donors (Lipinski definition) is 2. The van der Waals surface area contributed by atoms with Crippen LogP contribution in [0.25, 0.3) is 0 Å². The van der Waals surface area contributed by atoms with Crippen LogP contribution in [0.1, 0.15) is 28.9 Å². The van der Waals surface area contributed by atoms with E-state index in [9.17, 15) is 9.59 Å². The molecule has 1 heterocycles. The van der Waals surface area contributed by atoms with Gasteiger partial charge in [-0.15, -0.1) is 0 Å². The van der Waals surface area contributed by atoms with Crippen LogP contribution in [0.2, 0.25) is 0 Å². The van der Waals surface area contributed by atoms with Crippen molar-refractivity contribution in [1.82, 2.24) is 10.6 Å². The van der Waals surface area contributed by atoms with Crippen molar-refractivity contribution >= 4 is 11.9 Å². The lowest BCUT2D eigenvalue weighted by Crippen LogP contribution is -2.51. The first-order chi connectivity index (χ1) is 11.1. The molecule has 2 rings (SSSR count). The van der Waals surface area contributed by atoms with E-state index in [1.165, 1.54) is 14.2 Å². The van der Waals surface area contributed by atoms with Crippen molar-refractivity contribution in [3.8, 4) is 5.75 Å². The van der Waals surface area contributed by atoms with Gasteiger partial charge in [-0.2, -0.15) is 0 Å². The quantitative estimate of drug-likeness (QED) is 0.774. The van der Waals surface area contributed by atoms with E-state index in [4.69, 9.17) is 14.2 Å². The minimum Gasteiger partial charge on any atom is -0.496 e. The first-order valence-corrected chi connectivity index (χ1v) is 7.44. The molecule has 0 saturated carbocycles. The van der Waals surface area contributed by atoms with Crippen molar-refractivity contribution in [3.05, 3.63) is 29.3 Å². The van der Waals surface area contributed by atoms with Crippen molar-refractivity contribution in [3.63, 3.8) is 0 Å². The van der Waals surface area contributed by atoms with Crippen LogP contribution in [0.5, 0.6) is 5.75 Å². The van der Waals surface area contributed by atoms with Gasteiger partial charge in [-0.3, -0.25) is 4.79 Å². The van der Waals surface area contributed by atoms with E-state index in [1.54, 1.807) is 18.2 Å². The molecular weight excluding hydrogens is 300 g/mol. The van der Waals surface area contributed by atoms with Crippen LogP contribution >= 0.6 is 0 Å². The third-order valence-electron chi connectivity index (χ3n) is 3.73. The highest BCUT2D eigenvalue weighted by Gasteiger charge is 2.23. The Bertz CT molecular complexity index is 570. The number of benzene rings is 1. The third kappa shape index (κ3) is 4.20. The summed E-state index contributed by atoms with van der Waals surface area (Å²) in [5.74, 6) is -0.170. The zero-order chi connectivity index (χ0) is 16.8. The Hall–Kier alpha value is -2.12. The van der Waals surface area contributed by atoms with Gasteiger partial charge in [0.15, 0.2) is 0 Å². The molecule has 0 radical (unpaired) electrons. The molecule has 2 N–H and O–H groups in total. The van der Waals surface area contributed by atoms with Gasteiger partial charge in [-0.25, -0.2) is 4.79 Å². The Kier molecular flexibility index (Phi) is 5.95. The third-order valence-corrected chi connectivity index (χ3v) is 3.73. The summed E-state index contributed by atoms with van der Waals surface area (Å²) in [6.45, 7) is 3.51. The number of esters is 1. The first-order valence-electron chi connectivity index (χ1n) is 7.44. The molecule has 0 aliphatic carbocycles. The number of nitrogens with one attached hydrogen (secondary N) is 2. The number of amides is 1. The highest BCUT2D eigenvalue weighted by molar-refractivity contribution is 5.92. The predicted octanol–water partition coefficient (Wildman–Crippen LogP) is 0.647. The van der Waals surface area contributed by atoms with E-state index >= 15 is 0 Å². The summed E-state index contributed by atoms with van der Waals surface area (Å²) in [6, 6.07) is 4.55. The van der Waals surface area contributed by atoms with E-state index in [2.05, 4.69) is 10.6 Å². The molecule has 0 bridgehead atoms. The van der Waals surface area contributed by atoms with Gasteiger partial charge in [0.2, 0.25) is 5.91 Å². The molecule has 2 atom stereocenters. The molecule has 1 aliphatic heterocycles. The molecule has 0 unspecified atom stereocenters. The molecule has 7 heteroatoms. The molecule has 7 nitrogen and oxygen atoms in total. The highest BCUT2D eigenvalue weighted by Crippen LogP contribution is 2.24. The predicted molar refractivity (Wildman–Crippen MR) is 83.5 cm³/mol. The summed E-state index contributed by atoms with van der Waals surface area (Å²) in [5, 5.41) is 6.03. The van der Waals surface area contributed by atoms with E-state index in [0.717, 1.165) is 5.56 Å². The number of hydrogen-bond acceptors (Lipinski definition) is 6. The van der Waals surface area contributed by atoms with Crippen molar-refractivity contribution in [2.75, 3.05) is 34.0 Å². The summed E-state index contributed by atoms with van der Waals surface area (Å²) < 4.78 is 15.2. The Morgan fingerprint density at radius 2 is 2.17 bits per heavy atom. The highest BCUT2D eigenvalue weighted by atomic mass is 16.5. The van der Waals surface area contributed by atoms with Gasteiger partial charge in [0.25, 0.3) is 0 Å². The van der Waals surface area contributed by atoms with E-state index in [0.29, 0.717) is 31.1 Å². The normalized spacial score (nSPS) is 18.8. The number of methoxy groups -OCH3 is 2. The Labute approximate surface area is 135 Å².